The smallest absolute Gasteiger partial charge is 0.191 e. The maximum Gasteiger partial charge on any atom is 0.191 e. The van der Waals surface area contributed by atoms with E-state index < -0.39 is 0 Å². The summed E-state index contributed by atoms with van der Waals surface area (Å²) >= 11 is 0. The van der Waals surface area contributed by atoms with Gasteiger partial charge in [-0.2, -0.15) is 0 Å². The van der Waals surface area contributed by atoms with Gasteiger partial charge in [0.25, 0.3) is 0 Å². The number of nitrogens with one attached hydrogen (secondary N) is 2. The lowest BCUT2D eigenvalue weighted by molar-refractivity contribution is 0.616. The standard InChI is InChI=1S/C19H26FN5/c1-5-21-19(22-12-15-10-9-14(2)17(20)11-15)23-13-16-7-6-8-18(24-16)25(3)4/h6-11H,5,12-13H2,1-4H3,(H2,21,22,23). The molecule has 0 bridgehead atoms. The number of guanidine groups is 1. The van der Waals surface area contributed by atoms with Gasteiger partial charge in [0.15, 0.2) is 5.96 Å². The van der Waals surface area contributed by atoms with Gasteiger partial charge in [-0.1, -0.05) is 18.2 Å². The quantitative estimate of drug-likeness (QED) is 0.626. The topological polar surface area (TPSA) is 52.6 Å². The van der Waals surface area contributed by atoms with Gasteiger partial charge in [0.05, 0.1) is 18.8 Å². The molecule has 0 spiro atoms. The number of benzene rings is 1. The zero-order chi connectivity index (χ0) is 18.2. The van der Waals surface area contributed by atoms with Crippen molar-refractivity contribution in [3.8, 4) is 0 Å². The van der Waals surface area contributed by atoms with Gasteiger partial charge in [-0.05, 0) is 43.2 Å². The molecule has 1 aromatic heterocycles. The average molecular weight is 343 g/mol. The van der Waals surface area contributed by atoms with Crippen LogP contribution in [0.4, 0.5) is 10.2 Å². The summed E-state index contributed by atoms with van der Waals surface area (Å²) in [5.74, 6) is 1.40. The first-order valence-corrected chi connectivity index (χ1v) is 8.40. The number of pyridine rings is 1. The van der Waals surface area contributed by atoms with Crippen molar-refractivity contribution in [1.82, 2.24) is 15.6 Å². The first kappa shape index (κ1) is 18.7. The van der Waals surface area contributed by atoms with Gasteiger partial charge in [-0.25, -0.2) is 14.4 Å². The highest BCUT2D eigenvalue weighted by atomic mass is 19.1. The molecule has 6 heteroatoms. The molecule has 0 unspecified atom stereocenters. The van der Waals surface area contributed by atoms with Crippen LogP contribution >= 0.6 is 0 Å². The molecule has 0 radical (unpaired) electrons. The number of aliphatic imine (C=N–C) groups is 1. The number of hydrogen-bond donors (Lipinski definition) is 2. The molecule has 2 aromatic rings. The Balaban J connectivity index is 2.02. The first-order chi connectivity index (χ1) is 12.0. The van der Waals surface area contributed by atoms with E-state index in [0.717, 1.165) is 23.6 Å². The highest BCUT2D eigenvalue weighted by Crippen LogP contribution is 2.10. The van der Waals surface area contributed by atoms with E-state index in [1.165, 1.54) is 6.07 Å². The molecule has 2 N–H and O–H groups in total. The van der Waals surface area contributed by atoms with Crippen LogP contribution in [-0.2, 0) is 13.1 Å². The minimum atomic E-state index is -0.199. The zero-order valence-corrected chi connectivity index (χ0v) is 15.3. The van der Waals surface area contributed by atoms with Crippen LogP contribution in [0, 0.1) is 12.7 Å². The molecular weight excluding hydrogens is 317 g/mol. The lowest BCUT2D eigenvalue weighted by Gasteiger charge is -2.14. The molecule has 0 aliphatic heterocycles. The van der Waals surface area contributed by atoms with Crippen LogP contribution in [-0.4, -0.2) is 31.6 Å². The van der Waals surface area contributed by atoms with Crippen molar-refractivity contribution < 1.29 is 4.39 Å². The molecule has 1 aromatic carbocycles. The lowest BCUT2D eigenvalue weighted by atomic mass is 10.1. The van der Waals surface area contributed by atoms with E-state index in [2.05, 4.69) is 20.6 Å². The normalized spacial score (nSPS) is 11.3. The third-order valence-corrected chi connectivity index (χ3v) is 3.69. The largest absolute Gasteiger partial charge is 0.363 e. The van der Waals surface area contributed by atoms with Crippen LogP contribution in [0.2, 0.25) is 0 Å². The summed E-state index contributed by atoms with van der Waals surface area (Å²) in [5, 5.41) is 6.46. The maximum absolute atomic E-state index is 13.6. The SMILES string of the molecule is CCNC(=NCc1ccc(C)c(F)c1)NCc1cccc(N(C)C)n1. The van der Waals surface area contributed by atoms with E-state index in [0.29, 0.717) is 24.6 Å². The number of anilines is 1. The number of aryl methyl sites for hydroxylation is 1. The van der Waals surface area contributed by atoms with Gasteiger partial charge in [-0.15, -0.1) is 0 Å². The molecule has 0 fully saturated rings. The van der Waals surface area contributed by atoms with Crippen molar-refractivity contribution in [2.45, 2.75) is 26.9 Å². The highest BCUT2D eigenvalue weighted by molar-refractivity contribution is 5.79. The van der Waals surface area contributed by atoms with E-state index >= 15 is 0 Å². The minimum absolute atomic E-state index is 0.199. The third kappa shape index (κ3) is 5.74. The molecule has 25 heavy (non-hydrogen) atoms. The van der Waals surface area contributed by atoms with Gasteiger partial charge < -0.3 is 15.5 Å². The van der Waals surface area contributed by atoms with Crippen molar-refractivity contribution >= 4 is 11.8 Å². The summed E-state index contributed by atoms with van der Waals surface area (Å²) < 4.78 is 13.6. The fraction of sp³-hybridized carbons (Fsp3) is 0.368. The third-order valence-electron chi connectivity index (χ3n) is 3.69. The van der Waals surface area contributed by atoms with Gasteiger partial charge in [-0.3, -0.25) is 0 Å². The minimum Gasteiger partial charge on any atom is -0.363 e. The van der Waals surface area contributed by atoms with Crippen LogP contribution in [0.15, 0.2) is 41.4 Å². The average Bonchev–Trinajstić information content (AvgIpc) is 2.60. The Morgan fingerprint density at radius 1 is 1.20 bits per heavy atom. The summed E-state index contributed by atoms with van der Waals surface area (Å²) in [6, 6.07) is 11.1. The van der Waals surface area contributed by atoms with E-state index in [1.807, 2.05) is 50.2 Å². The van der Waals surface area contributed by atoms with Crippen LogP contribution in [0.3, 0.4) is 0 Å². The Hall–Kier alpha value is -2.63. The lowest BCUT2D eigenvalue weighted by Crippen LogP contribution is -2.37. The molecule has 0 saturated carbocycles. The number of aromatic nitrogens is 1. The second kappa shape index (κ2) is 9.01. The fourth-order valence-electron chi connectivity index (χ4n) is 2.24. The number of rotatable bonds is 6. The predicted molar refractivity (Wildman–Crippen MR) is 101 cm³/mol. The van der Waals surface area contributed by atoms with Crippen molar-refractivity contribution in [2.24, 2.45) is 4.99 Å². The van der Waals surface area contributed by atoms with Crippen LogP contribution < -0.4 is 15.5 Å². The monoisotopic (exact) mass is 343 g/mol. The summed E-state index contributed by atoms with van der Waals surface area (Å²) in [6.07, 6.45) is 0. The molecule has 1 heterocycles. The van der Waals surface area contributed by atoms with E-state index in [-0.39, 0.29) is 5.82 Å². The van der Waals surface area contributed by atoms with E-state index in [4.69, 9.17) is 0 Å². The van der Waals surface area contributed by atoms with Crippen molar-refractivity contribution in [3.63, 3.8) is 0 Å². The molecule has 0 aliphatic rings. The van der Waals surface area contributed by atoms with Crippen LogP contribution in [0.5, 0.6) is 0 Å². The predicted octanol–water partition coefficient (Wildman–Crippen LogP) is 2.85. The Labute approximate surface area is 149 Å². The van der Waals surface area contributed by atoms with Gasteiger partial charge >= 0.3 is 0 Å². The van der Waals surface area contributed by atoms with Gasteiger partial charge in [0.2, 0.25) is 0 Å². The molecular formula is C19H26FN5. The van der Waals surface area contributed by atoms with E-state index in [9.17, 15) is 4.39 Å². The van der Waals surface area contributed by atoms with Crippen LogP contribution in [0.25, 0.3) is 0 Å². The molecule has 0 saturated heterocycles. The molecule has 0 aliphatic carbocycles. The Morgan fingerprint density at radius 3 is 2.68 bits per heavy atom. The first-order valence-electron chi connectivity index (χ1n) is 8.40. The Kier molecular flexibility index (Phi) is 6.74. The summed E-state index contributed by atoms with van der Waals surface area (Å²) in [7, 11) is 3.93. The van der Waals surface area contributed by atoms with E-state index in [1.54, 1.807) is 13.0 Å². The van der Waals surface area contributed by atoms with Crippen molar-refractivity contribution in [1.29, 1.82) is 0 Å². The Bertz CT molecular complexity index is 728. The number of halogens is 1. The Morgan fingerprint density at radius 2 is 2.00 bits per heavy atom. The summed E-state index contributed by atoms with van der Waals surface area (Å²) in [6.45, 7) is 5.49. The number of nitrogens with zero attached hydrogens (tertiary/aromatic N) is 3. The highest BCUT2D eigenvalue weighted by Gasteiger charge is 2.03. The maximum atomic E-state index is 13.6. The number of hydrogen-bond acceptors (Lipinski definition) is 3. The molecule has 0 amide bonds. The van der Waals surface area contributed by atoms with Gasteiger partial charge in [0.1, 0.15) is 11.6 Å². The van der Waals surface area contributed by atoms with Gasteiger partial charge in [0, 0.05) is 20.6 Å². The molecule has 5 nitrogen and oxygen atoms in total. The molecule has 134 valence electrons. The summed E-state index contributed by atoms with van der Waals surface area (Å²) in [5.41, 5.74) is 2.41. The molecule has 2 rings (SSSR count). The second-order valence-electron chi connectivity index (χ2n) is 6.01. The summed E-state index contributed by atoms with van der Waals surface area (Å²) in [4.78, 5) is 11.1. The van der Waals surface area contributed by atoms with Crippen molar-refractivity contribution in [3.05, 3.63) is 59.0 Å². The molecule has 0 atom stereocenters. The zero-order valence-electron chi connectivity index (χ0n) is 15.3. The van der Waals surface area contributed by atoms with Crippen molar-refractivity contribution in [2.75, 3.05) is 25.5 Å². The van der Waals surface area contributed by atoms with Crippen LogP contribution in [0.1, 0.15) is 23.7 Å². The second-order valence-corrected chi connectivity index (χ2v) is 6.01. The fourth-order valence-corrected chi connectivity index (χ4v) is 2.24.